The molecule has 0 radical (unpaired) electrons. The van der Waals surface area contributed by atoms with E-state index in [1.807, 2.05) is 0 Å². The van der Waals surface area contributed by atoms with E-state index < -0.39 is 41.2 Å². The molecule has 0 spiro atoms. The van der Waals surface area contributed by atoms with Gasteiger partial charge in [0.25, 0.3) is 5.91 Å². The molecule has 12 nitrogen and oxygen atoms in total. The first-order valence-corrected chi connectivity index (χ1v) is 14.4. The zero-order chi connectivity index (χ0) is 32.6. The van der Waals surface area contributed by atoms with E-state index in [0.717, 1.165) is 18.9 Å². The summed E-state index contributed by atoms with van der Waals surface area (Å²) in [5.74, 6) is -0.703. The van der Waals surface area contributed by atoms with Crippen LogP contribution in [-0.4, -0.2) is 64.9 Å². The molecule has 0 saturated heterocycles. The molecule has 1 aliphatic carbocycles. The summed E-state index contributed by atoms with van der Waals surface area (Å²) in [7, 11) is 1.40. The lowest BCUT2D eigenvalue weighted by atomic mass is 9.81. The number of primary amides is 1. The van der Waals surface area contributed by atoms with Gasteiger partial charge in [-0.2, -0.15) is 18.3 Å². The van der Waals surface area contributed by atoms with Crippen molar-refractivity contribution in [1.29, 1.82) is 0 Å². The Bertz CT molecular complexity index is 1920. The van der Waals surface area contributed by atoms with Crippen LogP contribution in [0.25, 0.3) is 22.2 Å². The topological polar surface area (TPSA) is 160 Å². The Labute approximate surface area is 259 Å². The van der Waals surface area contributed by atoms with E-state index in [0.29, 0.717) is 22.4 Å². The molecule has 2 aromatic carbocycles. The lowest BCUT2D eigenvalue weighted by Crippen LogP contribution is -2.51. The maximum Gasteiger partial charge on any atom is 0.424 e. The number of halogens is 3. The minimum absolute atomic E-state index is 0.00175. The van der Waals surface area contributed by atoms with Crippen LogP contribution < -0.4 is 30.0 Å². The standard InChI is InChI=1S/C31H28F3N5O7/c1-29(28(35)41)13-44-26-19(29)10-23(37-25(26)15-3-6-20-21(8-15)46-14-45-20)30(42,31(32,33)34)12-36-27(40)16-7-17-11-39(18-4-5-18)38-24(17)22(9-16)43-2/h3,6-11,18,42H,4-5,12-14H2,1-2H3,(H2,35,41)(H,36,40)/t29-,30+/m0/s1. The molecule has 1 saturated carbocycles. The van der Waals surface area contributed by atoms with Crippen molar-refractivity contribution >= 4 is 22.7 Å². The van der Waals surface area contributed by atoms with Gasteiger partial charge in [0, 0.05) is 28.3 Å². The number of fused-ring (bicyclic) bond motifs is 3. The monoisotopic (exact) mass is 639 g/mol. The van der Waals surface area contributed by atoms with Gasteiger partial charge in [0.05, 0.1) is 25.4 Å². The second-order valence-electron chi connectivity index (χ2n) is 11.8. The number of nitrogens with zero attached hydrogens (tertiary/aromatic N) is 3. The number of carbonyl (C=O) groups is 2. The van der Waals surface area contributed by atoms with Crippen molar-refractivity contribution in [2.75, 3.05) is 27.1 Å². The minimum Gasteiger partial charge on any atom is -0.494 e. The average Bonchev–Trinajstić information content (AvgIpc) is 3.45. The SMILES string of the molecule is COc1cc(C(=O)NC[C@@](O)(c2cc3c(c(-c4ccc5c(c4)OCO5)n2)OC[C@]3(C)C(N)=O)C(F)(F)F)cc2cn(C3CC3)nc12. The van der Waals surface area contributed by atoms with Gasteiger partial charge in [-0.1, -0.05) is 0 Å². The van der Waals surface area contributed by atoms with Crippen LogP contribution in [0.2, 0.25) is 0 Å². The highest BCUT2D eigenvalue weighted by atomic mass is 19.4. The van der Waals surface area contributed by atoms with Crippen LogP contribution in [0.1, 0.15) is 47.4 Å². The molecule has 0 unspecified atom stereocenters. The van der Waals surface area contributed by atoms with Crippen LogP contribution in [-0.2, 0) is 15.8 Å². The molecule has 2 aromatic heterocycles. The van der Waals surface area contributed by atoms with Crippen LogP contribution in [0, 0.1) is 0 Å². The molecule has 2 aliphatic heterocycles. The average molecular weight is 640 g/mol. The number of nitrogens with one attached hydrogen (secondary N) is 1. The number of benzene rings is 2. The number of rotatable bonds is 8. The third-order valence-corrected chi connectivity index (χ3v) is 8.65. The molecule has 3 aliphatic rings. The van der Waals surface area contributed by atoms with Gasteiger partial charge in [-0.15, -0.1) is 0 Å². The first-order chi connectivity index (χ1) is 21.8. The number of hydrogen-bond acceptors (Lipinski definition) is 9. The maximum atomic E-state index is 14.8. The van der Waals surface area contributed by atoms with Crippen LogP contribution in [0.3, 0.4) is 0 Å². The number of amides is 2. The summed E-state index contributed by atoms with van der Waals surface area (Å²) in [4.78, 5) is 30.0. The van der Waals surface area contributed by atoms with Crippen molar-refractivity contribution in [1.82, 2.24) is 20.1 Å². The number of alkyl halides is 3. The lowest BCUT2D eigenvalue weighted by molar-refractivity contribution is -0.265. The van der Waals surface area contributed by atoms with Crippen molar-refractivity contribution in [3.63, 3.8) is 0 Å². The van der Waals surface area contributed by atoms with E-state index in [9.17, 15) is 27.9 Å². The first kappa shape index (κ1) is 29.6. The van der Waals surface area contributed by atoms with Crippen molar-refractivity contribution in [3.05, 3.63) is 59.4 Å². The molecular weight excluding hydrogens is 611 g/mol. The van der Waals surface area contributed by atoms with E-state index in [-0.39, 0.29) is 53.3 Å². The number of aromatic nitrogens is 3. The van der Waals surface area contributed by atoms with Crippen molar-refractivity contribution in [2.24, 2.45) is 5.73 Å². The van der Waals surface area contributed by atoms with Crippen LogP contribution in [0.4, 0.5) is 13.2 Å². The van der Waals surface area contributed by atoms with Crippen LogP contribution in [0.5, 0.6) is 23.0 Å². The number of ether oxygens (including phenoxy) is 4. The Morgan fingerprint density at radius 3 is 2.61 bits per heavy atom. The number of methoxy groups -OCH3 is 1. The largest absolute Gasteiger partial charge is 0.494 e. The highest BCUT2D eigenvalue weighted by Gasteiger charge is 2.57. The zero-order valence-electron chi connectivity index (χ0n) is 24.6. The van der Waals surface area contributed by atoms with Crippen molar-refractivity contribution < 1.29 is 46.8 Å². The second kappa shape index (κ2) is 10.2. The Morgan fingerprint density at radius 2 is 1.91 bits per heavy atom. The summed E-state index contributed by atoms with van der Waals surface area (Å²) in [6.45, 7) is -0.186. The summed E-state index contributed by atoms with van der Waals surface area (Å²) in [6.07, 6.45) is -1.64. The molecule has 1 fully saturated rings. The highest BCUT2D eigenvalue weighted by molar-refractivity contribution is 6.00. The molecule has 240 valence electrons. The van der Waals surface area contributed by atoms with Gasteiger partial charge in [-0.3, -0.25) is 14.3 Å². The van der Waals surface area contributed by atoms with Gasteiger partial charge in [0.15, 0.2) is 11.5 Å². The molecule has 7 rings (SSSR count). The molecular formula is C31H28F3N5O7. The van der Waals surface area contributed by atoms with Crippen molar-refractivity contribution in [3.8, 4) is 34.3 Å². The van der Waals surface area contributed by atoms with E-state index in [2.05, 4.69) is 15.4 Å². The van der Waals surface area contributed by atoms with Gasteiger partial charge >= 0.3 is 6.18 Å². The predicted octanol–water partition coefficient (Wildman–Crippen LogP) is 3.49. The van der Waals surface area contributed by atoms with Gasteiger partial charge in [0.2, 0.25) is 18.3 Å². The maximum absolute atomic E-state index is 14.8. The molecule has 4 aromatic rings. The number of pyridine rings is 1. The molecule has 4 N–H and O–H groups in total. The Balaban J connectivity index is 1.28. The molecule has 2 amide bonds. The number of carbonyl (C=O) groups excluding carboxylic acids is 2. The molecule has 0 bridgehead atoms. The van der Waals surface area contributed by atoms with E-state index in [4.69, 9.17) is 24.7 Å². The summed E-state index contributed by atoms with van der Waals surface area (Å²) < 4.78 is 68.2. The highest BCUT2D eigenvalue weighted by Crippen LogP contribution is 2.49. The Morgan fingerprint density at radius 1 is 1.15 bits per heavy atom. The molecule has 15 heteroatoms. The smallest absolute Gasteiger partial charge is 0.424 e. The zero-order valence-corrected chi connectivity index (χ0v) is 24.6. The number of aliphatic hydroxyl groups is 1. The molecule has 2 atom stereocenters. The molecule has 46 heavy (non-hydrogen) atoms. The third-order valence-electron chi connectivity index (χ3n) is 8.65. The Hall–Kier alpha value is -5.05. The van der Waals surface area contributed by atoms with Gasteiger partial charge in [0.1, 0.15) is 34.7 Å². The summed E-state index contributed by atoms with van der Waals surface area (Å²) in [5, 5.41) is 18.7. The van der Waals surface area contributed by atoms with Crippen molar-refractivity contribution in [2.45, 2.75) is 43.0 Å². The van der Waals surface area contributed by atoms with Gasteiger partial charge in [-0.05, 0) is 56.2 Å². The summed E-state index contributed by atoms with van der Waals surface area (Å²) in [5.41, 5.74) is 0.265. The number of hydrogen-bond donors (Lipinski definition) is 3. The van der Waals surface area contributed by atoms with E-state index >= 15 is 0 Å². The normalized spacial score (nSPS) is 19.8. The van der Waals surface area contributed by atoms with Gasteiger partial charge < -0.3 is 35.1 Å². The fourth-order valence-corrected chi connectivity index (χ4v) is 5.62. The lowest BCUT2D eigenvalue weighted by Gasteiger charge is -2.31. The quantitative estimate of drug-likeness (QED) is 0.262. The summed E-state index contributed by atoms with van der Waals surface area (Å²) >= 11 is 0. The fraction of sp³-hybridized carbons (Fsp3) is 0.355. The minimum atomic E-state index is -5.33. The number of nitrogens with two attached hydrogens (primary N) is 1. The van der Waals surface area contributed by atoms with E-state index in [1.165, 1.54) is 38.3 Å². The van der Waals surface area contributed by atoms with Crippen LogP contribution in [0.15, 0.2) is 42.6 Å². The van der Waals surface area contributed by atoms with Gasteiger partial charge in [-0.25, -0.2) is 4.98 Å². The van der Waals surface area contributed by atoms with E-state index in [1.54, 1.807) is 16.9 Å². The van der Waals surface area contributed by atoms with Crippen LogP contribution >= 0.6 is 0 Å². The Kier molecular flexibility index (Phi) is 6.60. The second-order valence-corrected chi connectivity index (χ2v) is 11.8. The molecule has 4 heterocycles. The summed E-state index contributed by atoms with van der Waals surface area (Å²) in [6, 6.07) is 8.65. The predicted molar refractivity (Wildman–Crippen MR) is 155 cm³/mol. The third kappa shape index (κ3) is 4.64. The first-order valence-electron chi connectivity index (χ1n) is 14.4. The fourth-order valence-electron chi connectivity index (χ4n) is 5.62.